The third-order valence-electron chi connectivity index (χ3n) is 2.40. The van der Waals surface area contributed by atoms with Gasteiger partial charge >= 0.3 is 5.97 Å². The summed E-state index contributed by atoms with van der Waals surface area (Å²) in [5, 5.41) is 0. The van der Waals surface area contributed by atoms with Crippen LogP contribution in [0.3, 0.4) is 0 Å². The summed E-state index contributed by atoms with van der Waals surface area (Å²) >= 11 is 0. The van der Waals surface area contributed by atoms with Gasteiger partial charge in [-0.1, -0.05) is 0 Å². The summed E-state index contributed by atoms with van der Waals surface area (Å²) in [5.41, 5.74) is 1.85. The summed E-state index contributed by atoms with van der Waals surface area (Å²) in [6.07, 6.45) is 0.239. The van der Waals surface area contributed by atoms with Gasteiger partial charge in [0.15, 0.2) is 11.5 Å². The smallest absolute Gasteiger partial charge is 0.309 e. The molecule has 0 fully saturated rings. The molecule has 0 bridgehead atoms. The first-order valence-electron chi connectivity index (χ1n) is 4.90. The summed E-state index contributed by atoms with van der Waals surface area (Å²) < 4.78 is 15.0. The Bertz CT molecular complexity index is 385. The first-order chi connectivity index (χ1) is 7.62. The van der Waals surface area contributed by atoms with Crippen LogP contribution in [0.5, 0.6) is 11.5 Å². The molecule has 0 radical (unpaired) electrons. The summed E-state index contributed by atoms with van der Waals surface area (Å²) in [5.74, 6) is 1.01. The topological polar surface area (TPSA) is 44.8 Å². The highest BCUT2D eigenvalue weighted by Gasteiger charge is 2.11. The van der Waals surface area contributed by atoms with Crippen molar-refractivity contribution in [2.24, 2.45) is 0 Å². The summed E-state index contributed by atoms with van der Waals surface area (Å²) in [7, 11) is 4.52. The van der Waals surface area contributed by atoms with Gasteiger partial charge in [0.2, 0.25) is 0 Å². The van der Waals surface area contributed by atoms with Crippen LogP contribution in [0.25, 0.3) is 0 Å². The lowest BCUT2D eigenvalue weighted by Crippen LogP contribution is -2.06. The molecule has 0 amide bonds. The molecule has 0 aliphatic rings. The third kappa shape index (κ3) is 2.66. The molecule has 0 saturated heterocycles. The van der Waals surface area contributed by atoms with Crippen LogP contribution in [-0.2, 0) is 16.0 Å². The van der Waals surface area contributed by atoms with Crippen LogP contribution in [0.15, 0.2) is 12.1 Å². The number of ether oxygens (including phenoxy) is 3. The number of carbonyl (C=O) groups excluding carboxylic acids is 1. The molecule has 4 nitrogen and oxygen atoms in total. The predicted octanol–water partition coefficient (Wildman–Crippen LogP) is 1.73. The lowest BCUT2D eigenvalue weighted by atomic mass is 10.0. The fourth-order valence-corrected chi connectivity index (χ4v) is 1.44. The molecule has 1 rings (SSSR count). The number of rotatable bonds is 4. The number of hydrogen-bond acceptors (Lipinski definition) is 4. The fraction of sp³-hybridized carbons (Fsp3) is 0.417. The van der Waals surface area contributed by atoms with Gasteiger partial charge in [-0.15, -0.1) is 0 Å². The second-order valence-electron chi connectivity index (χ2n) is 3.39. The van der Waals surface area contributed by atoms with Gasteiger partial charge in [-0.05, 0) is 30.2 Å². The van der Waals surface area contributed by atoms with E-state index in [0.717, 1.165) is 11.1 Å². The monoisotopic (exact) mass is 224 g/mol. The molecule has 1 aromatic rings. The second-order valence-corrected chi connectivity index (χ2v) is 3.39. The molecule has 0 atom stereocenters. The zero-order chi connectivity index (χ0) is 12.1. The zero-order valence-corrected chi connectivity index (χ0v) is 9.99. The van der Waals surface area contributed by atoms with E-state index in [2.05, 4.69) is 4.74 Å². The number of aryl methyl sites for hydroxylation is 1. The Hall–Kier alpha value is -1.71. The molecule has 0 heterocycles. The highest BCUT2D eigenvalue weighted by Crippen LogP contribution is 2.30. The molecule has 0 spiro atoms. The van der Waals surface area contributed by atoms with Crippen LogP contribution in [0.2, 0.25) is 0 Å². The van der Waals surface area contributed by atoms with E-state index in [-0.39, 0.29) is 12.4 Å². The molecule has 1 aromatic carbocycles. The van der Waals surface area contributed by atoms with Gasteiger partial charge in [0, 0.05) is 0 Å². The van der Waals surface area contributed by atoms with Crippen molar-refractivity contribution in [1.29, 1.82) is 0 Å². The van der Waals surface area contributed by atoms with E-state index < -0.39 is 0 Å². The van der Waals surface area contributed by atoms with Crippen molar-refractivity contribution in [3.8, 4) is 11.5 Å². The Kier molecular flexibility index (Phi) is 4.17. The number of carbonyl (C=O) groups is 1. The Balaban J connectivity index is 3.06. The molecule has 4 heteroatoms. The van der Waals surface area contributed by atoms with Crippen LogP contribution in [0, 0.1) is 6.92 Å². The maximum Gasteiger partial charge on any atom is 0.309 e. The van der Waals surface area contributed by atoms with Crippen molar-refractivity contribution >= 4 is 5.97 Å². The first kappa shape index (κ1) is 12.4. The van der Waals surface area contributed by atoms with Crippen molar-refractivity contribution in [3.63, 3.8) is 0 Å². The van der Waals surface area contributed by atoms with Crippen molar-refractivity contribution in [3.05, 3.63) is 23.3 Å². The van der Waals surface area contributed by atoms with Gasteiger partial charge in [0.05, 0.1) is 27.8 Å². The fourth-order valence-electron chi connectivity index (χ4n) is 1.44. The number of hydrogen-bond donors (Lipinski definition) is 0. The lowest BCUT2D eigenvalue weighted by Gasteiger charge is -2.11. The van der Waals surface area contributed by atoms with Gasteiger partial charge < -0.3 is 14.2 Å². The molecule has 0 N–H and O–H groups in total. The normalized spacial score (nSPS) is 9.75. The van der Waals surface area contributed by atoms with Crippen LogP contribution >= 0.6 is 0 Å². The van der Waals surface area contributed by atoms with E-state index in [4.69, 9.17) is 9.47 Å². The van der Waals surface area contributed by atoms with E-state index >= 15 is 0 Å². The highest BCUT2D eigenvalue weighted by molar-refractivity contribution is 5.73. The predicted molar refractivity (Wildman–Crippen MR) is 60.0 cm³/mol. The molecule has 0 unspecified atom stereocenters. The van der Waals surface area contributed by atoms with Crippen LogP contribution < -0.4 is 9.47 Å². The largest absolute Gasteiger partial charge is 0.493 e. The van der Waals surface area contributed by atoms with Crippen molar-refractivity contribution < 1.29 is 19.0 Å². The quantitative estimate of drug-likeness (QED) is 0.730. The van der Waals surface area contributed by atoms with Gasteiger partial charge in [0.1, 0.15) is 0 Å². The number of methoxy groups -OCH3 is 3. The Morgan fingerprint density at radius 3 is 2.19 bits per heavy atom. The van der Waals surface area contributed by atoms with E-state index in [1.165, 1.54) is 7.11 Å². The highest BCUT2D eigenvalue weighted by atomic mass is 16.5. The summed E-state index contributed by atoms with van der Waals surface area (Å²) in [4.78, 5) is 11.2. The van der Waals surface area contributed by atoms with Crippen LogP contribution in [0.1, 0.15) is 11.1 Å². The number of benzene rings is 1. The minimum absolute atomic E-state index is 0.239. The average molecular weight is 224 g/mol. The van der Waals surface area contributed by atoms with Crippen molar-refractivity contribution in [2.45, 2.75) is 13.3 Å². The molecule has 0 aliphatic carbocycles. The standard InChI is InChI=1S/C12H16O4/c1-8-5-10(14-2)11(15-3)6-9(8)7-12(13)16-4/h5-6H,7H2,1-4H3. The minimum atomic E-state index is -0.268. The van der Waals surface area contributed by atoms with Crippen molar-refractivity contribution in [1.82, 2.24) is 0 Å². The molecular formula is C12H16O4. The van der Waals surface area contributed by atoms with E-state index in [9.17, 15) is 4.79 Å². The SMILES string of the molecule is COC(=O)Cc1cc(OC)c(OC)cc1C. The molecule has 16 heavy (non-hydrogen) atoms. The van der Waals surface area contributed by atoms with E-state index in [0.29, 0.717) is 11.5 Å². The molecular weight excluding hydrogens is 208 g/mol. The lowest BCUT2D eigenvalue weighted by molar-refractivity contribution is -0.139. The Morgan fingerprint density at radius 1 is 1.12 bits per heavy atom. The van der Waals surface area contributed by atoms with Gasteiger partial charge in [-0.25, -0.2) is 0 Å². The third-order valence-corrected chi connectivity index (χ3v) is 2.40. The van der Waals surface area contributed by atoms with Gasteiger partial charge in [0.25, 0.3) is 0 Å². The van der Waals surface area contributed by atoms with Crippen LogP contribution in [0.4, 0.5) is 0 Å². The second kappa shape index (κ2) is 5.39. The number of esters is 1. The maximum absolute atomic E-state index is 11.2. The van der Waals surface area contributed by atoms with Crippen LogP contribution in [-0.4, -0.2) is 27.3 Å². The molecule has 88 valence electrons. The summed E-state index contributed by atoms with van der Waals surface area (Å²) in [6.45, 7) is 1.92. The van der Waals surface area contributed by atoms with Gasteiger partial charge in [-0.3, -0.25) is 4.79 Å². The maximum atomic E-state index is 11.2. The van der Waals surface area contributed by atoms with Crippen molar-refractivity contribution in [2.75, 3.05) is 21.3 Å². The average Bonchev–Trinajstić information content (AvgIpc) is 2.30. The van der Waals surface area contributed by atoms with E-state index in [1.54, 1.807) is 20.3 Å². The Morgan fingerprint density at radius 2 is 1.69 bits per heavy atom. The minimum Gasteiger partial charge on any atom is -0.493 e. The summed E-state index contributed by atoms with van der Waals surface area (Å²) in [6, 6.07) is 3.64. The molecule has 0 aliphatic heterocycles. The molecule has 0 saturated carbocycles. The molecule has 0 aromatic heterocycles. The van der Waals surface area contributed by atoms with E-state index in [1.807, 2.05) is 13.0 Å². The van der Waals surface area contributed by atoms with Gasteiger partial charge in [-0.2, -0.15) is 0 Å². The first-order valence-corrected chi connectivity index (χ1v) is 4.90. The Labute approximate surface area is 95.1 Å². The zero-order valence-electron chi connectivity index (χ0n) is 9.99.